The Kier molecular flexibility index (Phi) is 5.49. The topological polar surface area (TPSA) is 102 Å². The molecule has 0 saturated carbocycles. The minimum absolute atomic E-state index is 0.137. The van der Waals surface area contributed by atoms with E-state index < -0.39 is 24.5 Å². The van der Waals surface area contributed by atoms with Crippen molar-refractivity contribution in [1.82, 2.24) is 20.4 Å². The van der Waals surface area contributed by atoms with Crippen LogP contribution in [0.15, 0.2) is 24.3 Å². The molecule has 2 N–H and O–H groups in total. The molecule has 9 heteroatoms. The molecule has 1 aliphatic carbocycles. The molecule has 3 rings (SSSR count). The molecule has 27 heavy (non-hydrogen) atoms. The maximum absolute atomic E-state index is 13.2. The maximum atomic E-state index is 13.2. The number of benzene rings is 1. The number of aromatic nitrogens is 2. The van der Waals surface area contributed by atoms with E-state index in [4.69, 9.17) is 4.74 Å². The zero-order valence-electron chi connectivity index (χ0n) is 14.8. The third-order valence-corrected chi connectivity index (χ3v) is 4.12. The van der Waals surface area contributed by atoms with E-state index in [2.05, 4.69) is 10.4 Å². The summed E-state index contributed by atoms with van der Waals surface area (Å²) in [6.07, 6.45) is 2.28. The summed E-state index contributed by atoms with van der Waals surface area (Å²) in [4.78, 5) is 35.3. The minimum Gasteiger partial charge on any atom is -0.451 e. The predicted octanol–water partition coefficient (Wildman–Crippen LogP) is 1.50. The Morgan fingerprint density at radius 1 is 1.22 bits per heavy atom. The first-order chi connectivity index (χ1) is 13.0. The summed E-state index contributed by atoms with van der Waals surface area (Å²) in [5.41, 5.74) is 2.43. The molecule has 0 spiro atoms. The summed E-state index contributed by atoms with van der Waals surface area (Å²) in [5.74, 6) is -1.83. The number of imide groups is 1. The Balaban J connectivity index is 1.72. The van der Waals surface area contributed by atoms with E-state index in [1.807, 2.05) is 5.32 Å². The number of carbonyl (C=O) groups is 3. The number of urea groups is 1. The number of esters is 1. The van der Waals surface area contributed by atoms with E-state index in [0.717, 1.165) is 24.1 Å². The zero-order valence-corrected chi connectivity index (χ0v) is 14.8. The molecule has 1 aromatic carbocycles. The fraction of sp³-hybridized carbons (Fsp3) is 0.333. The van der Waals surface area contributed by atoms with Crippen LogP contribution in [0, 0.1) is 5.82 Å². The summed E-state index contributed by atoms with van der Waals surface area (Å²) in [6, 6.07) is 5.15. The third-order valence-electron chi connectivity index (χ3n) is 4.12. The van der Waals surface area contributed by atoms with Crippen LogP contribution in [0.25, 0.3) is 5.69 Å². The van der Waals surface area contributed by atoms with E-state index >= 15 is 0 Å². The highest BCUT2D eigenvalue weighted by Crippen LogP contribution is 2.28. The van der Waals surface area contributed by atoms with Gasteiger partial charge in [0.25, 0.3) is 5.91 Å². The average Bonchev–Trinajstić information content (AvgIpc) is 3.23. The van der Waals surface area contributed by atoms with Gasteiger partial charge in [-0.25, -0.2) is 18.7 Å². The lowest BCUT2D eigenvalue weighted by Gasteiger charge is -2.06. The standard InChI is InChI=1S/C18H19FN4O4/c1-2-20-18(26)21-15(24)10-27-17(25)16-13-4-3-5-14(13)23(22-16)12-8-6-11(19)7-9-12/h6-9H,2-5,10H2,1H3,(H2,20,21,24,26). The highest BCUT2D eigenvalue weighted by atomic mass is 19.1. The van der Waals surface area contributed by atoms with Gasteiger partial charge in [-0.15, -0.1) is 0 Å². The first-order valence-corrected chi connectivity index (χ1v) is 8.61. The van der Waals surface area contributed by atoms with Crippen LogP contribution in [-0.4, -0.2) is 40.8 Å². The van der Waals surface area contributed by atoms with Crippen molar-refractivity contribution in [1.29, 1.82) is 0 Å². The van der Waals surface area contributed by atoms with Crippen LogP contribution in [0.5, 0.6) is 0 Å². The monoisotopic (exact) mass is 374 g/mol. The van der Waals surface area contributed by atoms with E-state index in [1.54, 1.807) is 23.7 Å². The Hall–Kier alpha value is -3.23. The van der Waals surface area contributed by atoms with Gasteiger partial charge in [0.2, 0.25) is 0 Å². The molecule has 142 valence electrons. The van der Waals surface area contributed by atoms with Crippen molar-refractivity contribution in [2.45, 2.75) is 26.2 Å². The molecule has 1 aromatic heterocycles. The normalized spacial score (nSPS) is 12.4. The number of halogens is 1. The zero-order chi connectivity index (χ0) is 19.4. The van der Waals surface area contributed by atoms with Crippen molar-refractivity contribution in [3.8, 4) is 5.69 Å². The van der Waals surface area contributed by atoms with Gasteiger partial charge in [0.1, 0.15) is 5.82 Å². The maximum Gasteiger partial charge on any atom is 0.359 e. The summed E-state index contributed by atoms with van der Waals surface area (Å²) in [5, 5.41) is 8.76. The lowest BCUT2D eigenvalue weighted by molar-refractivity contribution is -0.123. The van der Waals surface area contributed by atoms with E-state index in [-0.39, 0.29) is 11.5 Å². The molecule has 1 heterocycles. The summed E-state index contributed by atoms with van der Waals surface area (Å²) in [6.45, 7) is 1.49. The smallest absolute Gasteiger partial charge is 0.359 e. The molecule has 8 nitrogen and oxygen atoms in total. The van der Waals surface area contributed by atoms with E-state index in [9.17, 15) is 18.8 Å². The summed E-state index contributed by atoms with van der Waals surface area (Å²) < 4.78 is 19.8. The van der Waals surface area contributed by atoms with Crippen molar-refractivity contribution in [2.24, 2.45) is 0 Å². The molecule has 0 aliphatic heterocycles. The van der Waals surface area contributed by atoms with Gasteiger partial charge in [0.05, 0.1) is 5.69 Å². The summed E-state index contributed by atoms with van der Waals surface area (Å²) in [7, 11) is 0. The van der Waals surface area contributed by atoms with Crippen molar-refractivity contribution < 1.29 is 23.5 Å². The first-order valence-electron chi connectivity index (χ1n) is 8.61. The second-order valence-electron chi connectivity index (χ2n) is 6.00. The lowest BCUT2D eigenvalue weighted by atomic mass is 10.2. The van der Waals surface area contributed by atoms with Gasteiger partial charge in [-0.2, -0.15) is 5.10 Å². The first kappa shape index (κ1) is 18.6. The molecule has 0 unspecified atom stereocenters. The molecule has 0 fully saturated rings. The highest BCUT2D eigenvalue weighted by Gasteiger charge is 2.28. The van der Waals surface area contributed by atoms with Crippen LogP contribution in [0.4, 0.5) is 9.18 Å². The Labute approximate surface area is 154 Å². The number of rotatable bonds is 5. The molecule has 0 saturated heterocycles. The summed E-state index contributed by atoms with van der Waals surface area (Å²) >= 11 is 0. The number of fused-ring (bicyclic) bond motifs is 1. The molecular weight excluding hydrogens is 355 g/mol. The molecule has 0 radical (unpaired) electrons. The van der Waals surface area contributed by atoms with Gasteiger partial charge < -0.3 is 10.1 Å². The molecule has 2 aromatic rings. The number of ether oxygens (including phenoxy) is 1. The largest absolute Gasteiger partial charge is 0.451 e. The predicted molar refractivity (Wildman–Crippen MR) is 93.0 cm³/mol. The molecule has 0 atom stereocenters. The van der Waals surface area contributed by atoms with Crippen LogP contribution in [0.1, 0.15) is 35.1 Å². The molecule has 1 aliphatic rings. The van der Waals surface area contributed by atoms with Crippen LogP contribution in [-0.2, 0) is 22.4 Å². The van der Waals surface area contributed by atoms with Gasteiger partial charge in [-0.3, -0.25) is 10.1 Å². The van der Waals surface area contributed by atoms with Crippen LogP contribution >= 0.6 is 0 Å². The number of amides is 3. The average molecular weight is 374 g/mol. The number of carbonyl (C=O) groups excluding carboxylic acids is 3. The second-order valence-corrected chi connectivity index (χ2v) is 6.00. The lowest BCUT2D eigenvalue weighted by Crippen LogP contribution is -2.41. The van der Waals surface area contributed by atoms with Gasteiger partial charge in [0, 0.05) is 17.8 Å². The SMILES string of the molecule is CCNC(=O)NC(=O)COC(=O)c1nn(-c2ccc(F)cc2)c2c1CCC2. The van der Waals surface area contributed by atoms with Crippen molar-refractivity contribution in [3.63, 3.8) is 0 Å². The second kappa shape index (κ2) is 7.98. The fourth-order valence-electron chi connectivity index (χ4n) is 2.96. The van der Waals surface area contributed by atoms with Gasteiger partial charge in [0.15, 0.2) is 12.3 Å². The number of nitrogens with zero attached hydrogens (tertiary/aromatic N) is 2. The third kappa shape index (κ3) is 4.13. The van der Waals surface area contributed by atoms with Crippen molar-refractivity contribution in [3.05, 3.63) is 47.0 Å². The van der Waals surface area contributed by atoms with Crippen LogP contribution in [0.2, 0.25) is 0 Å². The van der Waals surface area contributed by atoms with Gasteiger partial charge in [-0.1, -0.05) is 0 Å². The Bertz CT molecular complexity index is 876. The van der Waals surface area contributed by atoms with E-state index in [0.29, 0.717) is 18.7 Å². The molecule has 0 bridgehead atoms. The number of hydrogen-bond donors (Lipinski definition) is 2. The fourth-order valence-corrected chi connectivity index (χ4v) is 2.96. The van der Waals surface area contributed by atoms with E-state index in [1.165, 1.54) is 12.1 Å². The van der Waals surface area contributed by atoms with Crippen molar-refractivity contribution in [2.75, 3.05) is 13.2 Å². The van der Waals surface area contributed by atoms with Crippen LogP contribution in [0.3, 0.4) is 0 Å². The Morgan fingerprint density at radius 2 is 1.96 bits per heavy atom. The van der Waals surface area contributed by atoms with Gasteiger partial charge >= 0.3 is 12.0 Å². The molecule has 3 amide bonds. The Morgan fingerprint density at radius 3 is 2.67 bits per heavy atom. The molecular formula is C18H19FN4O4. The number of hydrogen-bond acceptors (Lipinski definition) is 5. The van der Waals surface area contributed by atoms with Crippen molar-refractivity contribution >= 4 is 17.9 Å². The quantitative estimate of drug-likeness (QED) is 0.773. The van der Waals surface area contributed by atoms with Crippen LogP contribution < -0.4 is 10.6 Å². The minimum atomic E-state index is -0.736. The highest BCUT2D eigenvalue weighted by molar-refractivity contribution is 5.97. The van der Waals surface area contributed by atoms with Gasteiger partial charge in [-0.05, 0) is 50.5 Å². The number of nitrogens with one attached hydrogen (secondary N) is 2.